The second-order valence-electron chi connectivity index (χ2n) is 5.38. The second kappa shape index (κ2) is 5.07. The van der Waals surface area contributed by atoms with E-state index in [1.807, 2.05) is 18.2 Å². The Morgan fingerprint density at radius 2 is 1.81 bits per heavy atom. The van der Waals surface area contributed by atoms with Crippen LogP contribution in [0.1, 0.15) is 11.7 Å². The van der Waals surface area contributed by atoms with Gasteiger partial charge in [0, 0.05) is 7.05 Å². The summed E-state index contributed by atoms with van der Waals surface area (Å²) < 4.78 is 0. The molecule has 0 spiro atoms. The van der Waals surface area contributed by atoms with Gasteiger partial charge in [-0.05, 0) is 5.56 Å². The van der Waals surface area contributed by atoms with Crippen molar-refractivity contribution >= 4 is 11.8 Å². The number of hydrazine groups is 1. The zero-order valence-corrected chi connectivity index (χ0v) is 11.6. The van der Waals surface area contributed by atoms with E-state index in [0.717, 1.165) is 4.90 Å². The molecule has 0 bridgehead atoms. The highest BCUT2D eigenvalue weighted by molar-refractivity contribution is 6.07. The third kappa shape index (κ3) is 2.08. The number of fused-ring (bicyclic) bond motifs is 1. The van der Waals surface area contributed by atoms with Crippen molar-refractivity contribution in [2.24, 2.45) is 11.8 Å². The van der Waals surface area contributed by atoms with E-state index in [1.165, 1.54) is 12.1 Å². The van der Waals surface area contributed by atoms with E-state index < -0.39 is 24.1 Å². The molecule has 2 heterocycles. The van der Waals surface area contributed by atoms with Crippen LogP contribution in [0.2, 0.25) is 0 Å². The zero-order valence-electron chi connectivity index (χ0n) is 11.6. The number of nitrogens with zero attached hydrogens (tertiary/aromatic N) is 2. The molecule has 6 nitrogen and oxygen atoms in total. The Labute approximate surface area is 122 Å². The number of rotatable bonds is 2. The lowest BCUT2D eigenvalue weighted by Gasteiger charge is -2.36. The highest BCUT2D eigenvalue weighted by Gasteiger charge is 2.51. The lowest BCUT2D eigenvalue weighted by atomic mass is 9.91. The number of amides is 2. The predicted octanol–water partition coefficient (Wildman–Crippen LogP) is -0.182. The molecule has 1 fully saturated rings. The number of hydrogen-bond donors (Lipinski definition) is 2. The van der Waals surface area contributed by atoms with E-state index in [0.29, 0.717) is 5.56 Å². The molecule has 2 amide bonds. The van der Waals surface area contributed by atoms with Gasteiger partial charge in [-0.1, -0.05) is 42.5 Å². The minimum Gasteiger partial charge on any atom is -0.386 e. The summed E-state index contributed by atoms with van der Waals surface area (Å²) in [4.78, 5) is 25.2. The van der Waals surface area contributed by atoms with E-state index in [1.54, 1.807) is 24.3 Å². The molecule has 1 saturated heterocycles. The molecule has 3 rings (SSSR count). The molecule has 1 aromatic carbocycles. The van der Waals surface area contributed by atoms with Gasteiger partial charge in [0.1, 0.15) is 6.04 Å². The average Bonchev–Trinajstić information content (AvgIpc) is 2.73. The first-order valence-corrected chi connectivity index (χ1v) is 6.78. The smallest absolute Gasteiger partial charge is 0.248 e. The Hall–Kier alpha value is -2.02. The molecule has 2 aliphatic heterocycles. The van der Waals surface area contributed by atoms with Gasteiger partial charge >= 0.3 is 0 Å². The van der Waals surface area contributed by atoms with Crippen LogP contribution in [0.3, 0.4) is 0 Å². The van der Waals surface area contributed by atoms with Gasteiger partial charge in [0.05, 0.1) is 18.1 Å². The third-order valence-electron chi connectivity index (χ3n) is 4.19. The van der Waals surface area contributed by atoms with Gasteiger partial charge in [-0.25, -0.2) is 5.01 Å². The van der Waals surface area contributed by atoms with Crippen molar-refractivity contribution in [3.63, 3.8) is 0 Å². The SMILES string of the molecule is CN1C(=O)[C@@H]2[C@@H](C=C[C@H]([C@H](O)c3ccccc3)N2N)C1=O. The standard InChI is InChI=1S/C15H17N3O3/c1-17-14(20)10-7-8-11(18(16)12(10)15(17)21)13(19)9-5-3-2-4-6-9/h2-8,10-13,19H,16H2,1H3/t10-,11-,12+,13-/m1/s1. The number of nitrogens with two attached hydrogens (primary N) is 1. The molecule has 0 radical (unpaired) electrons. The normalized spacial score (nSPS) is 30.6. The summed E-state index contributed by atoms with van der Waals surface area (Å²) in [6, 6.07) is 7.82. The van der Waals surface area contributed by atoms with Crippen LogP contribution in [-0.4, -0.2) is 46.0 Å². The van der Waals surface area contributed by atoms with Crippen molar-refractivity contribution in [3.8, 4) is 0 Å². The Kier molecular flexibility index (Phi) is 3.36. The Morgan fingerprint density at radius 1 is 1.14 bits per heavy atom. The van der Waals surface area contributed by atoms with Gasteiger partial charge in [0.25, 0.3) is 0 Å². The molecule has 110 valence electrons. The second-order valence-corrected chi connectivity index (χ2v) is 5.38. The molecule has 21 heavy (non-hydrogen) atoms. The topological polar surface area (TPSA) is 86.9 Å². The van der Waals surface area contributed by atoms with Gasteiger partial charge in [-0.3, -0.25) is 20.3 Å². The zero-order chi connectivity index (χ0) is 15.1. The summed E-state index contributed by atoms with van der Waals surface area (Å²) in [5.41, 5.74) is 0.714. The maximum Gasteiger partial charge on any atom is 0.248 e. The molecule has 6 heteroatoms. The molecule has 2 aliphatic rings. The van der Waals surface area contributed by atoms with Gasteiger partial charge in [-0.15, -0.1) is 0 Å². The molecular weight excluding hydrogens is 270 g/mol. The monoisotopic (exact) mass is 287 g/mol. The van der Waals surface area contributed by atoms with E-state index >= 15 is 0 Å². The van der Waals surface area contributed by atoms with Crippen LogP contribution in [0.15, 0.2) is 42.5 Å². The molecular formula is C15H17N3O3. The van der Waals surface area contributed by atoms with Crippen molar-refractivity contribution in [2.75, 3.05) is 7.05 Å². The fourth-order valence-electron chi connectivity index (χ4n) is 2.95. The minimum atomic E-state index is -0.859. The first kappa shape index (κ1) is 13.9. The van der Waals surface area contributed by atoms with Crippen LogP contribution in [0.5, 0.6) is 0 Å². The Balaban J connectivity index is 1.90. The molecule has 4 atom stereocenters. The summed E-state index contributed by atoms with van der Waals surface area (Å²) >= 11 is 0. The Bertz CT molecular complexity index is 601. The minimum absolute atomic E-state index is 0.260. The quantitative estimate of drug-likeness (QED) is 0.447. The van der Waals surface area contributed by atoms with Crippen LogP contribution in [0, 0.1) is 5.92 Å². The highest BCUT2D eigenvalue weighted by atomic mass is 16.3. The number of likely N-dealkylation sites (N-methyl/N-ethyl adjacent to an activating group) is 1. The maximum atomic E-state index is 12.1. The first-order valence-electron chi connectivity index (χ1n) is 6.78. The summed E-state index contributed by atoms with van der Waals surface area (Å²) in [6.07, 6.45) is 2.51. The van der Waals surface area contributed by atoms with Crippen LogP contribution in [0.25, 0.3) is 0 Å². The number of aliphatic hydroxyl groups is 1. The fourth-order valence-corrected chi connectivity index (χ4v) is 2.95. The number of imide groups is 1. The first-order chi connectivity index (χ1) is 10.0. The number of benzene rings is 1. The van der Waals surface area contributed by atoms with E-state index in [2.05, 4.69) is 0 Å². The molecule has 1 aromatic rings. The fraction of sp³-hybridized carbons (Fsp3) is 0.333. The van der Waals surface area contributed by atoms with Gasteiger partial charge < -0.3 is 5.11 Å². The molecule has 0 aliphatic carbocycles. The van der Waals surface area contributed by atoms with Crippen LogP contribution < -0.4 is 5.84 Å². The van der Waals surface area contributed by atoms with Crippen LogP contribution >= 0.6 is 0 Å². The van der Waals surface area contributed by atoms with Crippen molar-refractivity contribution < 1.29 is 14.7 Å². The largest absolute Gasteiger partial charge is 0.386 e. The highest BCUT2D eigenvalue weighted by Crippen LogP contribution is 2.33. The van der Waals surface area contributed by atoms with Crippen molar-refractivity contribution in [3.05, 3.63) is 48.0 Å². The van der Waals surface area contributed by atoms with Gasteiger partial charge in [0.2, 0.25) is 11.8 Å². The van der Waals surface area contributed by atoms with Crippen molar-refractivity contribution in [1.82, 2.24) is 9.91 Å². The number of aliphatic hydroxyl groups excluding tert-OH is 1. The summed E-state index contributed by atoms with van der Waals surface area (Å²) in [7, 11) is 1.45. The van der Waals surface area contributed by atoms with Gasteiger partial charge in [-0.2, -0.15) is 0 Å². The number of carbonyl (C=O) groups excluding carboxylic acids is 2. The summed E-state index contributed by atoms with van der Waals surface area (Å²) in [6.45, 7) is 0. The van der Waals surface area contributed by atoms with E-state index in [-0.39, 0.29) is 11.8 Å². The average molecular weight is 287 g/mol. The third-order valence-corrected chi connectivity index (χ3v) is 4.19. The van der Waals surface area contributed by atoms with Crippen molar-refractivity contribution in [1.29, 1.82) is 0 Å². The maximum absolute atomic E-state index is 12.1. The molecule has 0 saturated carbocycles. The van der Waals surface area contributed by atoms with Crippen LogP contribution in [0.4, 0.5) is 0 Å². The van der Waals surface area contributed by atoms with E-state index in [4.69, 9.17) is 5.84 Å². The van der Waals surface area contributed by atoms with E-state index in [9.17, 15) is 14.7 Å². The number of likely N-dealkylation sites (tertiary alicyclic amines) is 1. The summed E-state index contributed by atoms with van der Waals surface area (Å²) in [5.74, 6) is 4.89. The number of hydrogen-bond acceptors (Lipinski definition) is 5. The molecule has 3 N–H and O–H groups in total. The number of carbonyl (C=O) groups is 2. The predicted molar refractivity (Wildman–Crippen MR) is 75.4 cm³/mol. The molecule has 0 unspecified atom stereocenters. The van der Waals surface area contributed by atoms with Gasteiger partial charge in [0.15, 0.2) is 0 Å². The summed E-state index contributed by atoms with van der Waals surface area (Å²) in [5, 5.41) is 11.8. The van der Waals surface area contributed by atoms with Crippen LogP contribution in [-0.2, 0) is 9.59 Å². The molecule has 0 aromatic heterocycles. The lowest BCUT2D eigenvalue weighted by molar-refractivity contribution is -0.138. The Morgan fingerprint density at radius 3 is 2.48 bits per heavy atom. The van der Waals surface area contributed by atoms with Crippen molar-refractivity contribution in [2.45, 2.75) is 18.2 Å². The lowest BCUT2D eigenvalue weighted by Crippen LogP contribution is -2.56.